The van der Waals surface area contributed by atoms with Gasteiger partial charge in [0.15, 0.2) is 0 Å². The van der Waals surface area contributed by atoms with Crippen LogP contribution >= 0.6 is 0 Å². The van der Waals surface area contributed by atoms with Gasteiger partial charge in [0.05, 0.1) is 11.4 Å². The fraction of sp³-hybridized carbons (Fsp3) is 0.368. The van der Waals surface area contributed by atoms with E-state index in [2.05, 4.69) is 29.9 Å². The molecule has 2 aromatic rings. The highest BCUT2D eigenvalue weighted by Crippen LogP contribution is 2.33. The molecule has 1 atom stereocenters. The summed E-state index contributed by atoms with van der Waals surface area (Å²) >= 11 is 0. The number of pyridine rings is 1. The van der Waals surface area contributed by atoms with Gasteiger partial charge in [-0.1, -0.05) is 19.1 Å². The van der Waals surface area contributed by atoms with Crippen molar-refractivity contribution in [2.24, 2.45) is 5.92 Å². The molecule has 120 valence electrons. The smallest absolute Gasteiger partial charge is 0.227 e. The maximum absolute atomic E-state index is 12.8. The number of rotatable bonds is 3. The minimum Gasteiger partial charge on any atom is -0.373 e. The Morgan fingerprint density at radius 3 is 2.57 bits per heavy atom. The van der Waals surface area contributed by atoms with Gasteiger partial charge >= 0.3 is 0 Å². The summed E-state index contributed by atoms with van der Waals surface area (Å²) in [5.41, 5.74) is 3.31. The Balaban J connectivity index is 1.79. The molecule has 4 heteroatoms. The summed E-state index contributed by atoms with van der Waals surface area (Å²) in [6.45, 7) is 3.94. The van der Waals surface area contributed by atoms with E-state index in [-0.39, 0.29) is 5.91 Å². The third-order valence-electron chi connectivity index (χ3n) is 4.34. The monoisotopic (exact) mass is 309 g/mol. The SMILES string of the molecule is CC1CN(C)c2ccccc2N(C(=O)CCc2ccncc2)C1. The summed E-state index contributed by atoms with van der Waals surface area (Å²) in [7, 11) is 2.10. The number of carbonyl (C=O) groups excluding carboxylic acids is 1. The van der Waals surface area contributed by atoms with Gasteiger partial charge in [-0.3, -0.25) is 9.78 Å². The van der Waals surface area contributed by atoms with Crippen molar-refractivity contribution in [1.82, 2.24) is 4.98 Å². The Morgan fingerprint density at radius 2 is 1.83 bits per heavy atom. The molecule has 1 aromatic carbocycles. The molecule has 2 heterocycles. The summed E-state index contributed by atoms with van der Waals surface area (Å²) in [4.78, 5) is 21.1. The molecule has 1 aliphatic heterocycles. The largest absolute Gasteiger partial charge is 0.373 e. The second kappa shape index (κ2) is 6.82. The minimum atomic E-state index is 0.191. The van der Waals surface area contributed by atoms with Crippen LogP contribution in [0.5, 0.6) is 0 Å². The molecule has 1 amide bonds. The van der Waals surface area contributed by atoms with Crippen LogP contribution < -0.4 is 9.80 Å². The fourth-order valence-corrected chi connectivity index (χ4v) is 3.22. The normalized spacial score (nSPS) is 17.6. The molecule has 23 heavy (non-hydrogen) atoms. The first-order valence-electron chi connectivity index (χ1n) is 8.14. The fourth-order valence-electron chi connectivity index (χ4n) is 3.22. The molecule has 0 saturated carbocycles. The average Bonchev–Trinajstić information content (AvgIpc) is 2.70. The van der Waals surface area contributed by atoms with Gasteiger partial charge in [0.25, 0.3) is 0 Å². The van der Waals surface area contributed by atoms with Crippen molar-refractivity contribution in [3.8, 4) is 0 Å². The number of aryl methyl sites for hydroxylation is 1. The second-order valence-electron chi connectivity index (χ2n) is 6.33. The lowest BCUT2D eigenvalue weighted by atomic mass is 10.1. The molecule has 1 unspecified atom stereocenters. The Labute approximate surface area is 137 Å². The zero-order valence-electron chi connectivity index (χ0n) is 13.8. The highest BCUT2D eigenvalue weighted by atomic mass is 16.2. The zero-order chi connectivity index (χ0) is 16.2. The van der Waals surface area contributed by atoms with Gasteiger partial charge in [-0.05, 0) is 42.2 Å². The van der Waals surface area contributed by atoms with E-state index in [0.717, 1.165) is 36.4 Å². The number of carbonyl (C=O) groups is 1. The van der Waals surface area contributed by atoms with Crippen molar-refractivity contribution in [1.29, 1.82) is 0 Å². The number of anilines is 2. The predicted molar refractivity (Wildman–Crippen MR) is 93.8 cm³/mol. The van der Waals surface area contributed by atoms with Gasteiger partial charge in [0.2, 0.25) is 5.91 Å². The number of hydrogen-bond donors (Lipinski definition) is 0. The number of benzene rings is 1. The number of hydrogen-bond acceptors (Lipinski definition) is 3. The molecule has 0 saturated heterocycles. The zero-order valence-corrected chi connectivity index (χ0v) is 13.8. The van der Waals surface area contributed by atoms with Crippen molar-refractivity contribution in [2.75, 3.05) is 29.9 Å². The lowest BCUT2D eigenvalue weighted by molar-refractivity contribution is -0.118. The quantitative estimate of drug-likeness (QED) is 0.874. The number of aromatic nitrogens is 1. The average molecular weight is 309 g/mol. The number of nitrogens with zero attached hydrogens (tertiary/aromatic N) is 3. The first kappa shape index (κ1) is 15.5. The Hall–Kier alpha value is -2.36. The molecule has 0 fully saturated rings. The van der Waals surface area contributed by atoms with E-state index >= 15 is 0 Å². The lowest BCUT2D eigenvalue weighted by Crippen LogP contribution is -2.35. The third kappa shape index (κ3) is 3.52. The van der Waals surface area contributed by atoms with Crippen LogP contribution in [0.3, 0.4) is 0 Å². The van der Waals surface area contributed by atoms with Crippen molar-refractivity contribution in [3.63, 3.8) is 0 Å². The van der Waals surface area contributed by atoms with Crippen molar-refractivity contribution in [3.05, 3.63) is 54.4 Å². The second-order valence-corrected chi connectivity index (χ2v) is 6.33. The summed E-state index contributed by atoms with van der Waals surface area (Å²) in [6.07, 6.45) is 4.83. The predicted octanol–water partition coefficient (Wildman–Crippen LogP) is 3.13. The molecule has 1 aromatic heterocycles. The van der Waals surface area contributed by atoms with Crippen LogP contribution in [0.25, 0.3) is 0 Å². The molecule has 3 rings (SSSR count). The molecule has 0 bridgehead atoms. The van der Waals surface area contributed by atoms with Gasteiger partial charge in [-0.15, -0.1) is 0 Å². The highest BCUT2D eigenvalue weighted by Gasteiger charge is 2.26. The first-order chi connectivity index (χ1) is 11.1. The van der Waals surface area contributed by atoms with E-state index in [1.165, 1.54) is 0 Å². The third-order valence-corrected chi connectivity index (χ3v) is 4.34. The minimum absolute atomic E-state index is 0.191. The number of fused-ring (bicyclic) bond motifs is 1. The molecule has 0 radical (unpaired) electrons. The summed E-state index contributed by atoms with van der Waals surface area (Å²) < 4.78 is 0. The van der Waals surface area contributed by atoms with Crippen molar-refractivity contribution >= 4 is 17.3 Å². The van der Waals surface area contributed by atoms with Crippen LogP contribution in [0.2, 0.25) is 0 Å². The van der Waals surface area contributed by atoms with E-state index in [4.69, 9.17) is 0 Å². The molecule has 4 nitrogen and oxygen atoms in total. The van der Waals surface area contributed by atoms with E-state index < -0.39 is 0 Å². The van der Waals surface area contributed by atoms with E-state index in [1.807, 2.05) is 35.2 Å². The van der Waals surface area contributed by atoms with Gasteiger partial charge in [0, 0.05) is 39.0 Å². The maximum atomic E-state index is 12.8. The van der Waals surface area contributed by atoms with Crippen LogP contribution in [-0.4, -0.2) is 31.0 Å². The first-order valence-corrected chi connectivity index (χ1v) is 8.14. The van der Waals surface area contributed by atoms with Crippen LogP contribution in [0, 0.1) is 5.92 Å². The van der Waals surface area contributed by atoms with Gasteiger partial charge in [-0.2, -0.15) is 0 Å². The van der Waals surface area contributed by atoms with Crippen LogP contribution in [0.1, 0.15) is 18.9 Å². The molecular weight excluding hydrogens is 286 g/mol. The van der Waals surface area contributed by atoms with Crippen LogP contribution in [0.15, 0.2) is 48.8 Å². The molecular formula is C19H23N3O. The summed E-state index contributed by atoms with van der Waals surface area (Å²) in [6, 6.07) is 12.1. The van der Waals surface area contributed by atoms with Gasteiger partial charge in [-0.25, -0.2) is 0 Å². The number of para-hydroxylation sites is 2. The van der Waals surface area contributed by atoms with E-state index in [0.29, 0.717) is 12.3 Å². The summed E-state index contributed by atoms with van der Waals surface area (Å²) in [5, 5.41) is 0. The van der Waals surface area contributed by atoms with E-state index in [9.17, 15) is 4.79 Å². The van der Waals surface area contributed by atoms with Crippen LogP contribution in [0.4, 0.5) is 11.4 Å². The molecule has 1 aliphatic rings. The van der Waals surface area contributed by atoms with Crippen molar-refractivity contribution in [2.45, 2.75) is 19.8 Å². The molecule has 0 spiro atoms. The van der Waals surface area contributed by atoms with Crippen LogP contribution in [-0.2, 0) is 11.2 Å². The Morgan fingerprint density at radius 1 is 1.13 bits per heavy atom. The standard InChI is InChI=1S/C19H23N3O/c1-15-13-21(2)17-5-3-4-6-18(17)22(14-15)19(23)8-7-16-9-11-20-12-10-16/h3-6,9-12,15H,7-8,13-14H2,1-2H3. The lowest BCUT2D eigenvalue weighted by Gasteiger charge is -2.24. The van der Waals surface area contributed by atoms with Gasteiger partial charge in [0.1, 0.15) is 0 Å². The maximum Gasteiger partial charge on any atom is 0.227 e. The topological polar surface area (TPSA) is 36.4 Å². The van der Waals surface area contributed by atoms with Crippen molar-refractivity contribution < 1.29 is 4.79 Å². The summed E-state index contributed by atoms with van der Waals surface area (Å²) in [5.74, 6) is 0.633. The van der Waals surface area contributed by atoms with E-state index in [1.54, 1.807) is 12.4 Å². The Bertz CT molecular complexity index is 671. The number of amides is 1. The molecule has 0 aliphatic carbocycles. The highest BCUT2D eigenvalue weighted by molar-refractivity contribution is 5.97. The Kier molecular flexibility index (Phi) is 4.60. The van der Waals surface area contributed by atoms with Gasteiger partial charge < -0.3 is 9.80 Å². The molecule has 0 N–H and O–H groups in total.